The summed E-state index contributed by atoms with van der Waals surface area (Å²) >= 11 is 0. The van der Waals surface area contributed by atoms with Crippen LogP contribution in [0.3, 0.4) is 0 Å². The Hall–Kier alpha value is -0.883. The molecule has 0 aromatic rings. The molecule has 0 spiro atoms. The molecule has 0 saturated carbocycles. The molecule has 1 aliphatic rings. The zero-order valence-electron chi connectivity index (χ0n) is 12.6. The third kappa shape index (κ3) is 4.04. The van der Waals surface area contributed by atoms with E-state index in [4.69, 9.17) is 9.16 Å². The number of rotatable bonds is 6. The molecule has 6 heteroatoms. The van der Waals surface area contributed by atoms with E-state index >= 15 is 0 Å². The molecule has 0 aromatic heterocycles. The predicted octanol–water partition coefficient (Wildman–Crippen LogP) is 0.965. The van der Waals surface area contributed by atoms with E-state index < -0.39 is 16.0 Å². The largest absolute Gasteiger partial charge is 0.441 e. The number of esters is 1. The van der Waals surface area contributed by atoms with Crippen molar-refractivity contribution in [2.24, 2.45) is 11.8 Å². The molecule has 1 saturated heterocycles. The molecule has 0 aliphatic carbocycles. The van der Waals surface area contributed by atoms with Crippen molar-refractivity contribution in [3.63, 3.8) is 0 Å². The average molecular weight is 287 g/mol. The molecular weight excluding hydrogens is 262 g/mol. The van der Waals surface area contributed by atoms with Gasteiger partial charge in [-0.1, -0.05) is 27.7 Å². The summed E-state index contributed by atoms with van der Waals surface area (Å²) in [4.78, 5) is 22.5. The van der Waals surface area contributed by atoms with Gasteiger partial charge >= 0.3 is 5.97 Å². The number of carbonyl (C=O) groups is 2. The van der Waals surface area contributed by atoms with Gasteiger partial charge in [0.1, 0.15) is 5.92 Å². The minimum atomic E-state index is -0.767. The van der Waals surface area contributed by atoms with Gasteiger partial charge in [0, 0.05) is 6.92 Å². The molecule has 110 valence electrons. The van der Waals surface area contributed by atoms with Gasteiger partial charge in [-0.15, -0.1) is 0 Å². The van der Waals surface area contributed by atoms with Crippen LogP contribution in [-0.4, -0.2) is 34.0 Å². The van der Waals surface area contributed by atoms with Crippen molar-refractivity contribution in [2.75, 3.05) is 0 Å². The number of hydrogen-bond acceptors (Lipinski definition) is 4. The lowest BCUT2D eigenvalue weighted by Crippen LogP contribution is -2.64. The fourth-order valence-electron chi connectivity index (χ4n) is 1.72. The maximum Gasteiger partial charge on any atom is 0.304 e. The van der Waals surface area contributed by atoms with Crippen molar-refractivity contribution in [3.05, 3.63) is 0 Å². The lowest BCUT2D eigenvalue weighted by Gasteiger charge is -2.40. The van der Waals surface area contributed by atoms with Crippen LogP contribution in [0, 0.1) is 11.8 Å². The summed E-state index contributed by atoms with van der Waals surface area (Å²) in [6.45, 7) is 12.0. The first-order valence-corrected chi connectivity index (χ1v) is 8.03. The van der Waals surface area contributed by atoms with Crippen LogP contribution in [0.2, 0.25) is 5.04 Å². The highest BCUT2D eigenvalue weighted by Gasteiger charge is 2.46. The Balaban J connectivity index is 2.50. The molecule has 0 aromatic carbocycles. The van der Waals surface area contributed by atoms with Gasteiger partial charge in [0.05, 0.1) is 6.10 Å². The molecule has 5 nitrogen and oxygen atoms in total. The SMILES string of the molecule is CC(=O)O[C@H]1NC(=O)[C@@H]1C(C)O[SiH2]C(C)(C)C(C)C. The normalized spacial score (nSPS) is 25.3. The van der Waals surface area contributed by atoms with Crippen LogP contribution < -0.4 is 5.32 Å². The van der Waals surface area contributed by atoms with Gasteiger partial charge in [-0.25, -0.2) is 0 Å². The Labute approximate surface area is 117 Å². The molecule has 1 N–H and O–H groups in total. The smallest absolute Gasteiger partial charge is 0.304 e. The van der Waals surface area contributed by atoms with Crippen LogP contribution in [0.1, 0.15) is 41.5 Å². The van der Waals surface area contributed by atoms with Gasteiger partial charge in [0.15, 0.2) is 16.0 Å². The molecule has 19 heavy (non-hydrogen) atoms. The Bertz CT molecular complexity index is 357. The third-order valence-electron chi connectivity index (χ3n) is 3.99. The molecule has 0 radical (unpaired) electrons. The predicted molar refractivity (Wildman–Crippen MR) is 75.2 cm³/mol. The summed E-state index contributed by atoms with van der Waals surface area (Å²) in [6, 6.07) is 0. The van der Waals surface area contributed by atoms with E-state index in [1.807, 2.05) is 6.92 Å². The summed E-state index contributed by atoms with van der Waals surface area (Å²) in [5.41, 5.74) is 0. The maximum absolute atomic E-state index is 11.6. The molecule has 1 aliphatic heterocycles. The van der Waals surface area contributed by atoms with E-state index in [2.05, 4.69) is 33.0 Å². The summed E-state index contributed by atoms with van der Waals surface area (Å²) in [7, 11) is -0.767. The lowest BCUT2D eigenvalue weighted by atomic mass is 9.93. The third-order valence-corrected chi connectivity index (χ3v) is 6.25. The first-order chi connectivity index (χ1) is 8.65. The molecule has 1 amide bonds. The second-order valence-corrected chi connectivity index (χ2v) is 8.67. The number of nitrogens with one attached hydrogen (secondary N) is 1. The van der Waals surface area contributed by atoms with Crippen molar-refractivity contribution < 1.29 is 18.8 Å². The van der Waals surface area contributed by atoms with Crippen LogP contribution in [0.4, 0.5) is 0 Å². The van der Waals surface area contributed by atoms with Gasteiger partial charge in [0.25, 0.3) is 0 Å². The standard InChI is InChI=1S/C13H25NO4Si/c1-7(2)13(5,6)19-18-8(3)10-11(16)14-12(10)17-9(4)15/h7-8,10,12H,19H2,1-6H3,(H,14,16)/t8?,10-,12+/m0/s1. The van der Waals surface area contributed by atoms with Crippen LogP contribution in [0.25, 0.3) is 0 Å². The van der Waals surface area contributed by atoms with Gasteiger partial charge in [-0.05, 0) is 17.9 Å². The molecule has 1 rings (SSSR count). The Kier molecular flexibility index (Phi) is 5.15. The van der Waals surface area contributed by atoms with E-state index in [1.165, 1.54) is 6.92 Å². The van der Waals surface area contributed by atoms with Crippen LogP contribution in [0.15, 0.2) is 0 Å². The summed E-state index contributed by atoms with van der Waals surface area (Å²) in [5.74, 6) is -0.317. The Morgan fingerprint density at radius 2 is 1.95 bits per heavy atom. The zero-order valence-corrected chi connectivity index (χ0v) is 14.1. The summed E-state index contributed by atoms with van der Waals surface area (Å²) in [6.07, 6.45) is -0.737. The molecule has 3 atom stereocenters. The van der Waals surface area contributed by atoms with Gasteiger partial charge in [-0.2, -0.15) is 0 Å². The highest BCUT2D eigenvalue weighted by molar-refractivity contribution is 6.32. The minimum Gasteiger partial charge on any atom is -0.441 e. The maximum atomic E-state index is 11.6. The van der Waals surface area contributed by atoms with Crippen molar-refractivity contribution in [2.45, 2.75) is 58.9 Å². The average Bonchev–Trinajstić information content (AvgIpc) is 2.24. The molecule has 1 heterocycles. The second kappa shape index (κ2) is 6.05. The van der Waals surface area contributed by atoms with E-state index in [1.54, 1.807) is 0 Å². The monoisotopic (exact) mass is 287 g/mol. The van der Waals surface area contributed by atoms with Crippen LogP contribution in [-0.2, 0) is 18.8 Å². The first kappa shape index (κ1) is 16.2. The van der Waals surface area contributed by atoms with E-state index in [9.17, 15) is 9.59 Å². The number of ether oxygens (including phenoxy) is 1. The number of carbonyl (C=O) groups excluding carboxylic acids is 2. The zero-order chi connectivity index (χ0) is 14.8. The Morgan fingerprint density at radius 3 is 2.37 bits per heavy atom. The van der Waals surface area contributed by atoms with E-state index in [0.29, 0.717) is 5.92 Å². The quantitative estimate of drug-likeness (QED) is 0.449. The molecule has 1 fully saturated rings. The van der Waals surface area contributed by atoms with Crippen molar-refractivity contribution in [1.82, 2.24) is 5.32 Å². The molecule has 1 unspecified atom stereocenters. The van der Waals surface area contributed by atoms with Gasteiger partial charge in [0.2, 0.25) is 5.91 Å². The Morgan fingerprint density at radius 1 is 1.37 bits per heavy atom. The topological polar surface area (TPSA) is 64.6 Å². The van der Waals surface area contributed by atoms with Crippen molar-refractivity contribution in [1.29, 1.82) is 0 Å². The number of hydrogen-bond donors (Lipinski definition) is 1. The highest BCUT2D eigenvalue weighted by Crippen LogP contribution is 2.34. The fourth-order valence-corrected chi connectivity index (χ4v) is 2.96. The minimum absolute atomic E-state index is 0.102. The number of β-lactam (4-membered cyclic amide) rings is 1. The first-order valence-electron chi connectivity index (χ1n) is 6.74. The number of amides is 1. The van der Waals surface area contributed by atoms with Crippen LogP contribution >= 0.6 is 0 Å². The molecule has 0 bridgehead atoms. The van der Waals surface area contributed by atoms with Gasteiger partial charge in [-0.3, -0.25) is 9.59 Å². The molecular formula is C13H25NO4Si. The van der Waals surface area contributed by atoms with E-state index in [0.717, 1.165) is 0 Å². The summed E-state index contributed by atoms with van der Waals surface area (Å²) < 4.78 is 11.0. The van der Waals surface area contributed by atoms with Crippen molar-refractivity contribution >= 4 is 21.6 Å². The highest BCUT2D eigenvalue weighted by atomic mass is 28.2. The lowest BCUT2D eigenvalue weighted by molar-refractivity contribution is -0.172. The van der Waals surface area contributed by atoms with Crippen molar-refractivity contribution in [3.8, 4) is 0 Å². The van der Waals surface area contributed by atoms with E-state index in [-0.39, 0.29) is 28.9 Å². The summed E-state index contributed by atoms with van der Waals surface area (Å²) in [5, 5.41) is 2.76. The van der Waals surface area contributed by atoms with Crippen LogP contribution in [0.5, 0.6) is 0 Å². The second-order valence-electron chi connectivity index (χ2n) is 6.22. The van der Waals surface area contributed by atoms with Gasteiger partial charge < -0.3 is 14.5 Å². The fraction of sp³-hybridized carbons (Fsp3) is 0.846.